The van der Waals surface area contributed by atoms with Crippen LogP contribution in [0.15, 0.2) is 66.3 Å². The third-order valence-corrected chi connectivity index (χ3v) is 3.05. The van der Waals surface area contributed by atoms with Crippen molar-refractivity contribution in [2.75, 3.05) is 19.0 Å². The molecule has 0 unspecified atom stereocenters. The van der Waals surface area contributed by atoms with E-state index in [1.807, 2.05) is 33.2 Å². The molecule has 0 spiro atoms. The van der Waals surface area contributed by atoms with E-state index < -0.39 is 0 Å². The molecular weight excluding hydrogens is 230 g/mol. The average molecular weight is 253 g/mol. The summed E-state index contributed by atoms with van der Waals surface area (Å²) in [6.07, 6.45) is 10.2. The molecule has 0 radical (unpaired) electrons. The fourth-order valence-corrected chi connectivity index (χ4v) is 1.68. The molecule has 1 aromatic rings. The summed E-state index contributed by atoms with van der Waals surface area (Å²) in [5.74, 6) is 0. The predicted octanol–water partition coefficient (Wildman–Crippen LogP) is 4.84. The van der Waals surface area contributed by atoms with Gasteiger partial charge in [0.15, 0.2) is 0 Å². The highest BCUT2D eigenvalue weighted by molar-refractivity contribution is 5.59. The number of rotatable bonds is 5. The van der Waals surface area contributed by atoms with E-state index >= 15 is 0 Å². The summed E-state index contributed by atoms with van der Waals surface area (Å²) < 4.78 is 0. The van der Waals surface area contributed by atoms with Gasteiger partial charge in [0.05, 0.1) is 0 Å². The molecule has 0 saturated carbocycles. The molecule has 1 nitrogen and oxygen atoms in total. The summed E-state index contributed by atoms with van der Waals surface area (Å²) in [5.41, 5.74) is 4.85. The van der Waals surface area contributed by atoms with Crippen LogP contribution < -0.4 is 4.90 Å². The van der Waals surface area contributed by atoms with E-state index in [9.17, 15) is 0 Å². The highest BCUT2D eigenvalue weighted by Gasteiger charge is 1.95. The standard InChI is InChI=1S/C18H23N/c1-6-8-17(15(3)7-2)12-9-16-10-13-18(14-11-16)19(4)5/h6-14H,1H2,2-5H3/b12-9+,15-7-,17-8-. The molecule has 0 aliphatic carbocycles. The molecule has 100 valence electrons. The number of benzene rings is 1. The molecule has 0 amide bonds. The van der Waals surface area contributed by atoms with Crippen LogP contribution in [0.4, 0.5) is 5.69 Å². The van der Waals surface area contributed by atoms with Crippen molar-refractivity contribution < 1.29 is 0 Å². The largest absolute Gasteiger partial charge is 0.378 e. The molecular formula is C18H23N. The molecule has 0 saturated heterocycles. The molecule has 0 aromatic heterocycles. The van der Waals surface area contributed by atoms with E-state index in [1.54, 1.807) is 0 Å². The fraction of sp³-hybridized carbons (Fsp3) is 0.222. The van der Waals surface area contributed by atoms with Crippen molar-refractivity contribution in [1.82, 2.24) is 0 Å². The van der Waals surface area contributed by atoms with Crippen molar-refractivity contribution in [3.8, 4) is 0 Å². The number of allylic oxidation sites excluding steroid dienone is 6. The average Bonchev–Trinajstić information content (AvgIpc) is 2.43. The molecule has 0 heterocycles. The van der Waals surface area contributed by atoms with E-state index in [-0.39, 0.29) is 0 Å². The van der Waals surface area contributed by atoms with Crippen LogP contribution in [0, 0.1) is 0 Å². The fourth-order valence-electron chi connectivity index (χ4n) is 1.68. The minimum absolute atomic E-state index is 1.19. The summed E-state index contributed by atoms with van der Waals surface area (Å²) in [4.78, 5) is 2.10. The first-order valence-electron chi connectivity index (χ1n) is 6.50. The van der Waals surface area contributed by atoms with Crippen LogP contribution in [0.5, 0.6) is 0 Å². The van der Waals surface area contributed by atoms with Crippen molar-refractivity contribution in [3.05, 3.63) is 71.9 Å². The zero-order chi connectivity index (χ0) is 14.3. The lowest BCUT2D eigenvalue weighted by Gasteiger charge is -2.11. The van der Waals surface area contributed by atoms with Gasteiger partial charge in [-0.15, -0.1) is 0 Å². The highest BCUT2D eigenvalue weighted by atomic mass is 15.1. The maximum atomic E-state index is 3.76. The Labute approximate surface area is 117 Å². The molecule has 0 N–H and O–H groups in total. The monoisotopic (exact) mass is 253 g/mol. The van der Waals surface area contributed by atoms with Gasteiger partial charge in [-0.25, -0.2) is 0 Å². The van der Waals surface area contributed by atoms with Gasteiger partial charge in [-0.3, -0.25) is 0 Å². The highest BCUT2D eigenvalue weighted by Crippen LogP contribution is 2.16. The van der Waals surface area contributed by atoms with Crippen molar-refractivity contribution in [2.24, 2.45) is 0 Å². The van der Waals surface area contributed by atoms with Crippen molar-refractivity contribution in [1.29, 1.82) is 0 Å². The Morgan fingerprint density at radius 3 is 2.26 bits per heavy atom. The van der Waals surface area contributed by atoms with E-state index in [1.165, 1.54) is 22.4 Å². The molecule has 1 rings (SSSR count). The molecule has 19 heavy (non-hydrogen) atoms. The molecule has 0 fully saturated rings. The minimum Gasteiger partial charge on any atom is -0.378 e. The van der Waals surface area contributed by atoms with Gasteiger partial charge in [0.2, 0.25) is 0 Å². The summed E-state index contributed by atoms with van der Waals surface area (Å²) in [6, 6.07) is 8.50. The van der Waals surface area contributed by atoms with Gasteiger partial charge in [-0.2, -0.15) is 0 Å². The second-order valence-electron chi connectivity index (χ2n) is 4.65. The van der Waals surface area contributed by atoms with E-state index in [0.717, 1.165) is 0 Å². The van der Waals surface area contributed by atoms with E-state index in [4.69, 9.17) is 0 Å². The van der Waals surface area contributed by atoms with Gasteiger partial charge < -0.3 is 4.90 Å². The summed E-state index contributed by atoms with van der Waals surface area (Å²) in [5, 5.41) is 0. The summed E-state index contributed by atoms with van der Waals surface area (Å²) >= 11 is 0. The van der Waals surface area contributed by atoms with Gasteiger partial charge in [0, 0.05) is 19.8 Å². The van der Waals surface area contributed by atoms with E-state index in [2.05, 4.69) is 60.9 Å². The lowest BCUT2D eigenvalue weighted by molar-refractivity contribution is 1.13. The minimum atomic E-state index is 1.19. The van der Waals surface area contributed by atoms with Crippen LogP contribution in [0.2, 0.25) is 0 Å². The SMILES string of the molecule is C=C/C=C(/C=C/c1ccc(N(C)C)cc1)C(\C)=C/C. The van der Waals surface area contributed by atoms with Crippen LogP contribution in [-0.4, -0.2) is 14.1 Å². The second-order valence-corrected chi connectivity index (χ2v) is 4.65. The zero-order valence-electron chi connectivity index (χ0n) is 12.4. The topological polar surface area (TPSA) is 3.24 Å². The Hall–Kier alpha value is -2.02. The third-order valence-electron chi connectivity index (χ3n) is 3.05. The molecule has 0 aliphatic rings. The molecule has 1 aromatic carbocycles. The Balaban J connectivity index is 2.91. The predicted molar refractivity (Wildman–Crippen MR) is 87.5 cm³/mol. The van der Waals surface area contributed by atoms with Gasteiger partial charge in [0.1, 0.15) is 0 Å². The molecule has 0 aliphatic heterocycles. The van der Waals surface area contributed by atoms with Gasteiger partial charge in [-0.05, 0) is 42.7 Å². The zero-order valence-corrected chi connectivity index (χ0v) is 12.4. The van der Waals surface area contributed by atoms with Crippen molar-refractivity contribution in [2.45, 2.75) is 13.8 Å². The van der Waals surface area contributed by atoms with Crippen LogP contribution in [0.25, 0.3) is 6.08 Å². The normalized spacial score (nSPS) is 12.8. The maximum absolute atomic E-state index is 3.76. The molecule has 0 atom stereocenters. The lowest BCUT2D eigenvalue weighted by atomic mass is 10.1. The lowest BCUT2D eigenvalue weighted by Crippen LogP contribution is -2.07. The van der Waals surface area contributed by atoms with Gasteiger partial charge in [-0.1, -0.05) is 49.1 Å². The van der Waals surface area contributed by atoms with Crippen LogP contribution in [-0.2, 0) is 0 Å². The Bertz CT molecular complexity index is 499. The third kappa shape index (κ3) is 4.63. The van der Waals surface area contributed by atoms with Crippen LogP contribution in [0.1, 0.15) is 19.4 Å². The number of anilines is 1. The molecule has 1 heteroatoms. The summed E-state index contributed by atoms with van der Waals surface area (Å²) in [6.45, 7) is 7.91. The molecule has 0 bridgehead atoms. The summed E-state index contributed by atoms with van der Waals surface area (Å²) in [7, 11) is 4.09. The first-order valence-corrected chi connectivity index (χ1v) is 6.50. The van der Waals surface area contributed by atoms with Gasteiger partial charge in [0.25, 0.3) is 0 Å². The van der Waals surface area contributed by atoms with Gasteiger partial charge >= 0.3 is 0 Å². The Morgan fingerprint density at radius 2 is 1.79 bits per heavy atom. The Kier molecular flexibility index (Phi) is 5.87. The number of hydrogen-bond acceptors (Lipinski definition) is 1. The second kappa shape index (κ2) is 7.42. The van der Waals surface area contributed by atoms with Crippen LogP contribution in [0.3, 0.4) is 0 Å². The quantitative estimate of drug-likeness (QED) is 0.678. The van der Waals surface area contributed by atoms with E-state index in [0.29, 0.717) is 0 Å². The smallest absolute Gasteiger partial charge is 0.0361 e. The first kappa shape index (κ1) is 15.0. The number of hydrogen-bond donors (Lipinski definition) is 0. The van der Waals surface area contributed by atoms with Crippen molar-refractivity contribution in [3.63, 3.8) is 0 Å². The van der Waals surface area contributed by atoms with Crippen molar-refractivity contribution >= 4 is 11.8 Å². The number of nitrogens with zero attached hydrogens (tertiary/aromatic N) is 1. The van der Waals surface area contributed by atoms with Crippen LogP contribution >= 0.6 is 0 Å². The Morgan fingerprint density at radius 1 is 1.16 bits per heavy atom. The maximum Gasteiger partial charge on any atom is 0.0361 e. The first-order chi connectivity index (χ1) is 9.08.